The van der Waals surface area contributed by atoms with Gasteiger partial charge in [-0.05, 0) is 23.3 Å². The van der Waals surface area contributed by atoms with E-state index in [1.807, 2.05) is 24.3 Å². The van der Waals surface area contributed by atoms with E-state index in [-0.39, 0.29) is 12.2 Å². The number of alkyl halides is 3. The number of nitrogens with zero attached hydrogens (tertiary/aromatic N) is 1. The summed E-state index contributed by atoms with van der Waals surface area (Å²) in [5.74, 6) is 0. The maximum absolute atomic E-state index is 12.6. The first-order chi connectivity index (χ1) is 10.5. The summed E-state index contributed by atoms with van der Waals surface area (Å²) >= 11 is 0. The quantitative estimate of drug-likeness (QED) is 0.575. The fourth-order valence-corrected chi connectivity index (χ4v) is 1.82. The second-order valence-corrected chi connectivity index (χ2v) is 4.46. The van der Waals surface area contributed by atoms with Crippen LogP contribution in [0.3, 0.4) is 0 Å². The van der Waals surface area contributed by atoms with E-state index in [0.717, 1.165) is 23.3 Å². The minimum Gasteiger partial charge on any atom is -0.390 e. The zero-order valence-corrected chi connectivity index (χ0v) is 11.6. The van der Waals surface area contributed by atoms with Gasteiger partial charge in [0, 0.05) is 5.56 Å². The first-order valence-corrected chi connectivity index (χ1v) is 6.46. The molecule has 0 atom stereocenters. The Kier molecular flexibility index (Phi) is 4.99. The van der Waals surface area contributed by atoms with Gasteiger partial charge in [-0.3, -0.25) is 0 Å². The molecule has 0 amide bonds. The smallest absolute Gasteiger partial charge is 0.390 e. The van der Waals surface area contributed by atoms with Crippen LogP contribution in [0.25, 0.3) is 6.08 Å². The van der Waals surface area contributed by atoms with Crippen molar-refractivity contribution in [2.75, 3.05) is 0 Å². The van der Waals surface area contributed by atoms with Crippen molar-refractivity contribution in [3.63, 3.8) is 0 Å². The van der Waals surface area contributed by atoms with Gasteiger partial charge in [0.2, 0.25) is 0 Å². The molecule has 0 aromatic heterocycles. The highest BCUT2D eigenvalue weighted by molar-refractivity contribution is 5.79. The highest BCUT2D eigenvalue weighted by Crippen LogP contribution is 2.29. The molecule has 0 fully saturated rings. The predicted molar refractivity (Wildman–Crippen MR) is 79.3 cm³/mol. The Bertz CT molecular complexity index is 678. The zero-order chi connectivity index (χ0) is 16.0. The monoisotopic (exact) mass is 304 g/mol. The highest BCUT2D eigenvalue weighted by Gasteiger charge is 2.30. The topological polar surface area (TPSA) is 21.6 Å². The largest absolute Gasteiger partial charge is 0.416 e. The maximum Gasteiger partial charge on any atom is 0.416 e. The average Bonchev–Trinajstić information content (AvgIpc) is 2.51. The summed E-state index contributed by atoms with van der Waals surface area (Å²) in [6, 6.07) is 12.2. The molecule has 0 unspecified atom stereocenters. The Labute approximate surface area is 126 Å². The molecule has 1 radical (unpaired) electrons. The summed E-state index contributed by atoms with van der Waals surface area (Å²) in [5.41, 5.74) is 1.25. The average molecular weight is 304 g/mol. The SMILES string of the molecule is C=Cc1ccccc1CO/N=[C]\c1cccc(C(F)(F)F)c1. The summed E-state index contributed by atoms with van der Waals surface area (Å²) in [4.78, 5) is 5.08. The van der Waals surface area contributed by atoms with Crippen molar-refractivity contribution in [1.82, 2.24) is 0 Å². The van der Waals surface area contributed by atoms with Gasteiger partial charge in [-0.25, -0.2) is 0 Å². The van der Waals surface area contributed by atoms with Crippen LogP contribution in [-0.2, 0) is 17.6 Å². The van der Waals surface area contributed by atoms with Gasteiger partial charge < -0.3 is 4.84 Å². The Balaban J connectivity index is 2.00. The molecule has 2 rings (SSSR count). The van der Waals surface area contributed by atoms with Gasteiger partial charge in [0.05, 0.1) is 5.56 Å². The van der Waals surface area contributed by atoms with Crippen molar-refractivity contribution in [3.05, 3.63) is 77.4 Å². The van der Waals surface area contributed by atoms with Gasteiger partial charge in [0.25, 0.3) is 0 Å². The fraction of sp³-hybridized carbons (Fsp3) is 0.118. The fourth-order valence-electron chi connectivity index (χ4n) is 1.82. The summed E-state index contributed by atoms with van der Waals surface area (Å²) < 4.78 is 37.7. The number of hydrogen-bond acceptors (Lipinski definition) is 2. The second kappa shape index (κ2) is 6.93. The lowest BCUT2D eigenvalue weighted by Crippen LogP contribution is -2.05. The van der Waals surface area contributed by atoms with Gasteiger partial charge in [-0.15, -0.1) is 0 Å². The molecule has 0 aliphatic heterocycles. The standard InChI is InChI=1S/C17H13F3NO/c1-2-14-7-3-4-8-15(14)12-22-21-11-13-6-5-9-16(10-13)17(18,19)20/h2-10H,1,12H2. The molecule has 0 bridgehead atoms. The molecule has 0 saturated heterocycles. The molecule has 5 heteroatoms. The summed E-state index contributed by atoms with van der Waals surface area (Å²) in [6.45, 7) is 3.88. The Morgan fingerprint density at radius 3 is 2.64 bits per heavy atom. The molecule has 0 spiro atoms. The first kappa shape index (κ1) is 15.8. The normalized spacial score (nSPS) is 11.6. The van der Waals surface area contributed by atoms with E-state index >= 15 is 0 Å². The van der Waals surface area contributed by atoms with E-state index in [1.165, 1.54) is 12.1 Å². The summed E-state index contributed by atoms with van der Waals surface area (Å²) in [5, 5.41) is 3.58. The van der Waals surface area contributed by atoms with Crippen LogP contribution >= 0.6 is 0 Å². The Morgan fingerprint density at radius 2 is 1.91 bits per heavy atom. The van der Waals surface area contributed by atoms with Crippen LogP contribution in [0.5, 0.6) is 0 Å². The van der Waals surface area contributed by atoms with E-state index in [1.54, 1.807) is 6.08 Å². The van der Waals surface area contributed by atoms with Crippen molar-refractivity contribution in [2.45, 2.75) is 12.8 Å². The molecule has 113 valence electrons. The molecular formula is C17H13F3NO. The van der Waals surface area contributed by atoms with Crippen molar-refractivity contribution >= 4 is 12.3 Å². The minimum absolute atomic E-state index is 0.189. The van der Waals surface area contributed by atoms with Gasteiger partial charge >= 0.3 is 6.18 Å². The lowest BCUT2D eigenvalue weighted by atomic mass is 10.1. The first-order valence-electron chi connectivity index (χ1n) is 6.46. The van der Waals surface area contributed by atoms with Crippen LogP contribution < -0.4 is 0 Å². The van der Waals surface area contributed by atoms with Crippen molar-refractivity contribution < 1.29 is 18.0 Å². The number of halogens is 3. The van der Waals surface area contributed by atoms with E-state index < -0.39 is 11.7 Å². The molecule has 2 nitrogen and oxygen atoms in total. The van der Waals surface area contributed by atoms with Crippen LogP contribution in [0, 0.1) is 0 Å². The maximum atomic E-state index is 12.6. The van der Waals surface area contributed by atoms with Crippen LogP contribution in [0.1, 0.15) is 22.3 Å². The van der Waals surface area contributed by atoms with Crippen molar-refractivity contribution in [1.29, 1.82) is 0 Å². The Morgan fingerprint density at radius 1 is 1.14 bits per heavy atom. The van der Waals surface area contributed by atoms with Crippen molar-refractivity contribution in [2.24, 2.45) is 5.16 Å². The van der Waals surface area contributed by atoms with E-state index in [9.17, 15) is 13.2 Å². The number of rotatable bonds is 5. The lowest BCUT2D eigenvalue weighted by Gasteiger charge is -2.06. The van der Waals surface area contributed by atoms with Crippen LogP contribution in [0.2, 0.25) is 0 Å². The lowest BCUT2D eigenvalue weighted by molar-refractivity contribution is -0.137. The van der Waals surface area contributed by atoms with Crippen molar-refractivity contribution in [3.8, 4) is 0 Å². The molecule has 0 heterocycles. The van der Waals surface area contributed by atoms with Gasteiger partial charge in [0.15, 0.2) is 0 Å². The molecule has 2 aromatic rings. The predicted octanol–water partition coefficient (Wildman–Crippen LogP) is 4.78. The molecule has 0 aliphatic rings. The molecular weight excluding hydrogens is 291 g/mol. The molecule has 0 N–H and O–H groups in total. The third-order valence-corrected chi connectivity index (χ3v) is 2.92. The summed E-state index contributed by atoms with van der Waals surface area (Å²) in [6.07, 6.45) is -0.252. The summed E-state index contributed by atoms with van der Waals surface area (Å²) in [7, 11) is 0. The minimum atomic E-state index is -4.39. The van der Waals surface area contributed by atoms with Crippen LogP contribution in [0.4, 0.5) is 13.2 Å². The Hall–Kier alpha value is -2.56. The second-order valence-electron chi connectivity index (χ2n) is 4.46. The third kappa shape index (κ3) is 4.22. The zero-order valence-electron chi connectivity index (χ0n) is 11.6. The number of hydrogen-bond donors (Lipinski definition) is 0. The van der Waals surface area contributed by atoms with Crippen LogP contribution in [-0.4, -0.2) is 6.21 Å². The van der Waals surface area contributed by atoms with E-state index in [0.29, 0.717) is 0 Å². The van der Waals surface area contributed by atoms with Crippen LogP contribution in [0.15, 0.2) is 60.3 Å². The third-order valence-electron chi connectivity index (χ3n) is 2.92. The molecule has 2 aromatic carbocycles. The van der Waals surface area contributed by atoms with E-state index in [2.05, 4.69) is 17.9 Å². The number of benzene rings is 2. The highest BCUT2D eigenvalue weighted by atomic mass is 19.4. The van der Waals surface area contributed by atoms with Gasteiger partial charge in [-0.1, -0.05) is 54.2 Å². The molecule has 22 heavy (non-hydrogen) atoms. The molecule has 0 saturated carbocycles. The van der Waals surface area contributed by atoms with E-state index in [4.69, 9.17) is 4.84 Å². The van der Waals surface area contributed by atoms with Gasteiger partial charge in [0.1, 0.15) is 12.8 Å². The molecule has 0 aliphatic carbocycles. The van der Waals surface area contributed by atoms with Gasteiger partial charge in [-0.2, -0.15) is 13.2 Å².